The van der Waals surface area contributed by atoms with Gasteiger partial charge in [-0.1, -0.05) is 152 Å². The normalized spacial score (nSPS) is 11.8. The predicted octanol–water partition coefficient (Wildman–Crippen LogP) is 14.6. The van der Waals surface area contributed by atoms with Crippen molar-refractivity contribution in [3.05, 3.63) is 188 Å². The maximum Gasteiger partial charge on any atom is 0.160 e. The Morgan fingerprint density at radius 1 is 0.302 bits per heavy atom. The SMILES string of the molecule is c1ccc(-c2ccc(N(c3ccccc3)c3ccc(-c4cccc5c4oc4ccccc45)cc3)c3oc4c5ccccc5c5ccccc5c4c23)cc1. The number of para-hydroxylation sites is 3. The van der Waals surface area contributed by atoms with E-state index in [4.69, 9.17) is 8.83 Å². The van der Waals surface area contributed by atoms with E-state index in [9.17, 15) is 0 Å². The van der Waals surface area contributed by atoms with Crippen LogP contribution in [0.3, 0.4) is 0 Å². The summed E-state index contributed by atoms with van der Waals surface area (Å²) in [5.41, 5.74) is 11.1. The lowest BCUT2D eigenvalue weighted by Crippen LogP contribution is -2.10. The lowest BCUT2D eigenvalue weighted by molar-refractivity contribution is 0.670. The Hall–Kier alpha value is -7.10. The van der Waals surface area contributed by atoms with E-state index in [0.29, 0.717) is 0 Å². The first-order valence-corrected chi connectivity index (χ1v) is 18.0. The van der Waals surface area contributed by atoms with E-state index in [2.05, 4.69) is 181 Å². The van der Waals surface area contributed by atoms with Crippen LogP contribution in [0.5, 0.6) is 0 Å². The molecule has 0 aliphatic heterocycles. The molecule has 0 bridgehead atoms. The van der Waals surface area contributed by atoms with Gasteiger partial charge in [0.1, 0.15) is 16.7 Å². The van der Waals surface area contributed by atoms with Crippen molar-refractivity contribution in [2.24, 2.45) is 0 Å². The van der Waals surface area contributed by atoms with Crippen molar-refractivity contribution < 1.29 is 8.83 Å². The van der Waals surface area contributed by atoms with Crippen molar-refractivity contribution in [3.63, 3.8) is 0 Å². The van der Waals surface area contributed by atoms with E-state index in [1.54, 1.807) is 0 Å². The van der Waals surface area contributed by atoms with Crippen LogP contribution in [0.2, 0.25) is 0 Å². The Labute approximate surface area is 305 Å². The lowest BCUT2D eigenvalue weighted by atomic mass is 9.93. The van der Waals surface area contributed by atoms with E-state index in [1.165, 1.54) is 16.2 Å². The Morgan fingerprint density at radius 2 is 0.868 bits per heavy atom. The zero-order valence-electron chi connectivity index (χ0n) is 28.7. The molecule has 0 amide bonds. The molecule has 0 saturated carbocycles. The van der Waals surface area contributed by atoms with Gasteiger partial charge in [-0.05, 0) is 69.2 Å². The minimum atomic E-state index is 0.850. The molecule has 53 heavy (non-hydrogen) atoms. The number of benzene rings is 9. The number of fused-ring (bicyclic) bond motifs is 11. The third kappa shape index (κ3) is 4.54. The second-order valence-electron chi connectivity index (χ2n) is 13.6. The number of hydrogen-bond acceptors (Lipinski definition) is 3. The summed E-state index contributed by atoms with van der Waals surface area (Å²) in [4.78, 5) is 2.31. The van der Waals surface area contributed by atoms with Gasteiger partial charge in [0.2, 0.25) is 0 Å². The zero-order valence-corrected chi connectivity index (χ0v) is 28.7. The third-order valence-corrected chi connectivity index (χ3v) is 10.7. The van der Waals surface area contributed by atoms with Crippen LogP contribution >= 0.6 is 0 Å². The molecule has 0 N–H and O–H groups in total. The number of rotatable bonds is 5. The average molecular weight is 678 g/mol. The summed E-state index contributed by atoms with van der Waals surface area (Å²) >= 11 is 0. The van der Waals surface area contributed by atoms with Gasteiger partial charge in [0.15, 0.2) is 5.58 Å². The zero-order chi connectivity index (χ0) is 34.9. The van der Waals surface area contributed by atoms with Crippen LogP contribution in [-0.4, -0.2) is 0 Å². The molecule has 2 heterocycles. The van der Waals surface area contributed by atoms with Crippen molar-refractivity contribution >= 4 is 82.5 Å². The molecule has 248 valence electrons. The fourth-order valence-corrected chi connectivity index (χ4v) is 8.29. The number of nitrogens with zero attached hydrogens (tertiary/aromatic N) is 1. The fourth-order valence-electron chi connectivity index (χ4n) is 8.29. The van der Waals surface area contributed by atoms with Gasteiger partial charge < -0.3 is 13.7 Å². The molecular weight excluding hydrogens is 647 g/mol. The topological polar surface area (TPSA) is 29.5 Å². The van der Waals surface area contributed by atoms with Crippen LogP contribution in [0.1, 0.15) is 0 Å². The summed E-state index contributed by atoms with van der Waals surface area (Å²) < 4.78 is 13.6. The molecule has 0 aliphatic carbocycles. The predicted molar refractivity (Wildman–Crippen MR) is 222 cm³/mol. The summed E-state index contributed by atoms with van der Waals surface area (Å²) in [5, 5.41) is 9.20. The van der Waals surface area contributed by atoms with E-state index >= 15 is 0 Å². The van der Waals surface area contributed by atoms with Crippen LogP contribution in [-0.2, 0) is 0 Å². The minimum Gasteiger partial charge on any atom is -0.455 e. The van der Waals surface area contributed by atoms with Crippen LogP contribution in [0.4, 0.5) is 17.1 Å². The first-order chi connectivity index (χ1) is 26.3. The van der Waals surface area contributed by atoms with Crippen molar-refractivity contribution in [1.29, 1.82) is 0 Å². The highest BCUT2D eigenvalue weighted by Gasteiger charge is 2.25. The molecule has 3 nitrogen and oxygen atoms in total. The van der Waals surface area contributed by atoms with Crippen LogP contribution in [0.25, 0.3) is 87.7 Å². The first-order valence-electron chi connectivity index (χ1n) is 18.0. The first kappa shape index (κ1) is 29.6. The largest absolute Gasteiger partial charge is 0.455 e. The molecule has 3 heteroatoms. The summed E-state index contributed by atoms with van der Waals surface area (Å²) in [6.07, 6.45) is 0. The van der Waals surface area contributed by atoms with Gasteiger partial charge >= 0.3 is 0 Å². The monoisotopic (exact) mass is 677 g/mol. The Bertz CT molecular complexity index is 3160. The van der Waals surface area contributed by atoms with Crippen molar-refractivity contribution in [1.82, 2.24) is 0 Å². The van der Waals surface area contributed by atoms with Gasteiger partial charge in [0, 0.05) is 43.9 Å². The van der Waals surface area contributed by atoms with Gasteiger partial charge in [-0.15, -0.1) is 0 Å². The number of anilines is 3. The molecular formula is C50H31NO2. The smallest absolute Gasteiger partial charge is 0.160 e. The highest BCUT2D eigenvalue weighted by Crippen LogP contribution is 2.49. The van der Waals surface area contributed by atoms with Crippen molar-refractivity contribution in [2.75, 3.05) is 4.90 Å². The summed E-state index contributed by atoms with van der Waals surface area (Å²) in [6.45, 7) is 0. The lowest BCUT2D eigenvalue weighted by Gasteiger charge is -2.26. The molecule has 0 aliphatic rings. The molecule has 11 aromatic rings. The highest BCUT2D eigenvalue weighted by atomic mass is 16.3. The Balaban J connectivity index is 1.18. The van der Waals surface area contributed by atoms with Gasteiger partial charge in [0.05, 0.1) is 5.69 Å². The van der Waals surface area contributed by atoms with Crippen molar-refractivity contribution in [3.8, 4) is 22.3 Å². The molecule has 0 unspecified atom stereocenters. The van der Waals surface area contributed by atoms with Crippen LogP contribution in [0.15, 0.2) is 197 Å². The minimum absolute atomic E-state index is 0.850. The maximum absolute atomic E-state index is 7.21. The summed E-state index contributed by atoms with van der Waals surface area (Å²) in [6, 6.07) is 66.5. The fraction of sp³-hybridized carbons (Fsp3) is 0. The average Bonchev–Trinajstić information content (AvgIpc) is 3.83. The molecule has 0 atom stereocenters. The molecule has 0 saturated heterocycles. The van der Waals surface area contributed by atoms with E-state index in [1.807, 2.05) is 12.1 Å². The third-order valence-electron chi connectivity index (χ3n) is 10.7. The van der Waals surface area contributed by atoms with Crippen molar-refractivity contribution in [2.45, 2.75) is 0 Å². The van der Waals surface area contributed by atoms with Gasteiger partial charge in [-0.25, -0.2) is 0 Å². The molecule has 11 rings (SSSR count). The van der Waals surface area contributed by atoms with Gasteiger partial charge in [-0.3, -0.25) is 0 Å². The Kier molecular flexibility index (Phi) is 6.55. The molecule has 0 fully saturated rings. The number of furan rings is 2. The van der Waals surface area contributed by atoms with E-state index < -0.39 is 0 Å². The quantitative estimate of drug-likeness (QED) is 0.170. The standard InChI is InChI=1S/C50H31NO2/c1-3-14-32(15-4-1)36-30-31-44(50-46(36)47-41-21-9-7-18-38(41)39-19-8-10-22-42(39)49(47)53-50)51(34-16-5-2-6-17-34)35-28-26-33(27-29-35)37-23-13-24-43-40-20-11-12-25-45(40)52-48(37)43/h1-31H. The molecule has 0 spiro atoms. The van der Waals surface area contributed by atoms with Gasteiger partial charge in [-0.2, -0.15) is 0 Å². The maximum atomic E-state index is 7.21. The molecule has 2 aromatic heterocycles. The summed E-state index contributed by atoms with van der Waals surface area (Å²) in [7, 11) is 0. The number of hydrogen-bond donors (Lipinski definition) is 0. The van der Waals surface area contributed by atoms with E-state index in [0.717, 1.165) is 88.6 Å². The van der Waals surface area contributed by atoms with E-state index in [-0.39, 0.29) is 0 Å². The van der Waals surface area contributed by atoms with Crippen LogP contribution in [0, 0.1) is 0 Å². The summed E-state index contributed by atoms with van der Waals surface area (Å²) in [5.74, 6) is 0. The highest BCUT2D eigenvalue weighted by molar-refractivity contribution is 6.33. The van der Waals surface area contributed by atoms with Crippen LogP contribution < -0.4 is 4.90 Å². The second kappa shape index (κ2) is 11.7. The molecule has 0 radical (unpaired) electrons. The van der Waals surface area contributed by atoms with Gasteiger partial charge in [0.25, 0.3) is 0 Å². The Morgan fingerprint density at radius 3 is 1.64 bits per heavy atom. The second-order valence-corrected chi connectivity index (χ2v) is 13.6. The molecule has 9 aromatic carbocycles.